The minimum Gasteiger partial charge on any atom is -0.354 e. The van der Waals surface area contributed by atoms with Crippen molar-refractivity contribution in [3.63, 3.8) is 0 Å². The van der Waals surface area contributed by atoms with Crippen LogP contribution in [0.2, 0.25) is 0 Å². The third-order valence-corrected chi connectivity index (χ3v) is 14.2. The minimum atomic E-state index is -2.41. The number of aromatic amines is 2. The fourth-order valence-corrected chi connectivity index (χ4v) is 10.4. The number of carbonyl (C=O) groups is 2. The first-order valence-corrected chi connectivity index (χ1v) is 24.2. The van der Waals surface area contributed by atoms with Gasteiger partial charge in [0.15, 0.2) is 46.5 Å². The number of aromatic nitrogens is 4. The maximum absolute atomic E-state index is 15.1. The van der Waals surface area contributed by atoms with Gasteiger partial charge >= 0.3 is 0 Å². The summed E-state index contributed by atoms with van der Waals surface area (Å²) in [7, 11) is 0. The number of nitrogens with zero attached hydrogens (tertiary/aromatic N) is 2. The number of fused-ring (bicyclic) bond motifs is 8. The van der Waals surface area contributed by atoms with Gasteiger partial charge in [-0.15, -0.1) is 0 Å². The summed E-state index contributed by atoms with van der Waals surface area (Å²) in [4.78, 5) is 45.3. The first-order valence-electron chi connectivity index (χ1n) is 24.2. The summed E-state index contributed by atoms with van der Waals surface area (Å²) in [6.45, 7) is 15.3. The molecule has 0 unspecified atom stereocenters. The van der Waals surface area contributed by atoms with Gasteiger partial charge in [-0.3, -0.25) is 9.59 Å². The number of nitrogens with one attached hydrogen (secondary N) is 4. The van der Waals surface area contributed by atoms with Gasteiger partial charge in [0.1, 0.15) is 11.1 Å². The van der Waals surface area contributed by atoms with Crippen molar-refractivity contribution in [1.82, 2.24) is 19.9 Å². The topological polar surface area (TPSA) is 116 Å². The lowest BCUT2D eigenvalue weighted by atomic mass is 9.92. The Morgan fingerprint density at radius 2 is 0.789 bits per heavy atom. The van der Waals surface area contributed by atoms with Crippen LogP contribution < -0.4 is 10.6 Å². The van der Waals surface area contributed by atoms with Crippen LogP contribution in [0.15, 0.2) is 60.7 Å². The van der Waals surface area contributed by atoms with Crippen molar-refractivity contribution in [3.05, 3.63) is 175 Å². The number of benzene rings is 4. The van der Waals surface area contributed by atoms with E-state index in [1.54, 1.807) is 24.3 Å². The SMILES string of the molecule is CCC1=C(C)c2nc1cc1[nH]c(c(C)c1CC)c(-c1ccccc1NC(=O)c1c(F)c(F)c(F)c(F)c1F)c1[nH]c(cc3nc(c2-c2ccccc2NC(=O)c2c(F)c(F)c(F)c(F)c2F)C(C)=C3CC)c(CC)c1C. The van der Waals surface area contributed by atoms with Crippen molar-refractivity contribution < 1.29 is 53.5 Å². The van der Waals surface area contributed by atoms with Crippen LogP contribution in [0.1, 0.15) is 120 Å². The molecule has 2 aliphatic heterocycles. The molecule has 8 nitrogen and oxygen atoms in total. The second-order valence-electron chi connectivity index (χ2n) is 18.3. The number of aryl methyl sites for hydroxylation is 4. The van der Waals surface area contributed by atoms with Crippen LogP contribution in [0.25, 0.3) is 66.6 Å². The summed E-state index contributed by atoms with van der Waals surface area (Å²) in [5.74, 6) is -26.3. The van der Waals surface area contributed by atoms with E-state index in [1.165, 1.54) is 24.3 Å². The molecule has 4 N–H and O–H groups in total. The normalized spacial score (nSPS) is 12.6. The van der Waals surface area contributed by atoms with E-state index in [0.29, 0.717) is 98.4 Å². The van der Waals surface area contributed by atoms with Crippen molar-refractivity contribution in [3.8, 4) is 22.3 Å². The molecule has 0 aliphatic carbocycles. The fourth-order valence-electron chi connectivity index (χ4n) is 10.4. The van der Waals surface area contributed by atoms with Crippen LogP contribution in [0.4, 0.5) is 55.3 Å². The van der Waals surface area contributed by atoms with Crippen molar-refractivity contribution in [2.24, 2.45) is 0 Å². The molecule has 8 bridgehead atoms. The van der Waals surface area contributed by atoms with Crippen molar-refractivity contribution in [2.45, 2.75) is 81.1 Å². The molecule has 9 rings (SSSR count). The maximum atomic E-state index is 15.1. The maximum Gasteiger partial charge on any atom is 0.261 e. The Morgan fingerprint density at radius 3 is 1.13 bits per heavy atom. The van der Waals surface area contributed by atoms with E-state index in [2.05, 4.69) is 20.6 Å². The van der Waals surface area contributed by atoms with Gasteiger partial charge in [-0.2, -0.15) is 0 Å². The molecule has 0 fully saturated rings. The highest BCUT2D eigenvalue weighted by Gasteiger charge is 2.34. The first kappa shape index (κ1) is 52.6. The summed E-state index contributed by atoms with van der Waals surface area (Å²) in [5.41, 5.74) is 8.33. The summed E-state index contributed by atoms with van der Waals surface area (Å²) >= 11 is 0. The molecule has 3 aromatic heterocycles. The lowest BCUT2D eigenvalue weighted by Gasteiger charge is -2.16. The van der Waals surface area contributed by atoms with Crippen molar-refractivity contribution >= 4 is 67.5 Å². The van der Waals surface area contributed by atoms with Gasteiger partial charge in [-0.05, 0) is 122 Å². The van der Waals surface area contributed by atoms with Crippen LogP contribution in [0.3, 0.4) is 0 Å². The molecule has 5 heterocycles. The zero-order chi connectivity index (χ0) is 54.9. The summed E-state index contributed by atoms with van der Waals surface area (Å²) in [6.07, 6.45) is 1.86. The Morgan fingerprint density at radius 1 is 0.461 bits per heavy atom. The Balaban J connectivity index is 1.39. The minimum absolute atomic E-state index is 0.0275. The fraction of sp³-hybridized carbons (Fsp3) is 0.207. The molecule has 4 aromatic carbocycles. The number of rotatable bonds is 10. The molecule has 390 valence electrons. The van der Waals surface area contributed by atoms with Gasteiger partial charge in [-0.1, -0.05) is 64.1 Å². The molecular weight excluding hydrogens is 1000 g/mol. The molecule has 0 saturated heterocycles. The summed E-state index contributed by atoms with van der Waals surface area (Å²) < 4.78 is 147. The largest absolute Gasteiger partial charge is 0.354 e. The molecule has 0 spiro atoms. The Labute approximate surface area is 428 Å². The predicted octanol–water partition coefficient (Wildman–Crippen LogP) is 16.0. The van der Waals surface area contributed by atoms with E-state index in [9.17, 15) is 35.9 Å². The van der Waals surface area contributed by atoms with Crippen LogP contribution in [0, 0.1) is 72.0 Å². The quantitative estimate of drug-likeness (QED) is 0.0620. The standard InChI is InChI=1S/C58H46F10N6O2/c1-9-27-23(5)53-39(31-17-13-15-19-33(31)73-57(75)41-43(59)47(63)51(67)48(64)44(41)60)54-25(7)29(11-3)37(71-54)22-38-30(12-4)26(8)56(72-38)40(55-24(6)28(10-2)36(70-55)21-35(27)69-53)32-18-14-16-20-34(32)74-58(76)42-45(61)49(65)52(68)50(66)46(42)62/h13-22,69,71H,9-12H2,1-8H3,(H,73,75)(H,74,76). The second-order valence-corrected chi connectivity index (χ2v) is 18.3. The number of para-hydroxylation sites is 2. The van der Waals surface area contributed by atoms with Crippen LogP contribution in [0.5, 0.6) is 0 Å². The number of amides is 2. The zero-order valence-electron chi connectivity index (χ0n) is 42.1. The molecular formula is C58H46F10N6O2. The van der Waals surface area contributed by atoms with E-state index < -0.39 is 81.1 Å². The van der Waals surface area contributed by atoms with Crippen molar-refractivity contribution in [1.29, 1.82) is 0 Å². The molecule has 76 heavy (non-hydrogen) atoms. The van der Waals surface area contributed by atoms with E-state index in [4.69, 9.17) is 9.97 Å². The number of carbonyl (C=O) groups excluding carboxylic acids is 2. The molecule has 7 aromatic rings. The Kier molecular flexibility index (Phi) is 13.9. The van der Waals surface area contributed by atoms with Crippen LogP contribution in [-0.2, 0) is 12.8 Å². The molecule has 18 heteroatoms. The number of hydrogen-bond donors (Lipinski definition) is 4. The summed E-state index contributed by atoms with van der Waals surface area (Å²) in [6, 6.07) is 16.3. The average molecular weight is 1050 g/mol. The summed E-state index contributed by atoms with van der Waals surface area (Å²) in [5, 5.41) is 4.84. The van der Waals surface area contributed by atoms with E-state index >= 15 is 17.6 Å². The average Bonchev–Trinajstić information content (AvgIpc) is 4.10. The van der Waals surface area contributed by atoms with Gasteiger partial charge in [0.2, 0.25) is 11.6 Å². The highest BCUT2D eigenvalue weighted by molar-refractivity contribution is 6.11. The Bertz CT molecular complexity index is 3750. The lowest BCUT2D eigenvalue weighted by molar-refractivity contribution is 0.100. The van der Waals surface area contributed by atoms with Crippen molar-refractivity contribution in [2.75, 3.05) is 10.6 Å². The number of hydrogen-bond acceptors (Lipinski definition) is 4. The van der Waals surface area contributed by atoms with Gasteiger partial charge < -0.3 is 20.6 Å². The van der Waals surface area contributed by atoms with Crippen LogP contribution >= 0.6 is 0 Å². The second kappa shape index (κ2) is 20.1. The number of anilines is 2. The third-order valence-electron chi connectivity index (χ3n) is 14.2. The lowest BCUT2D eigenvalue weighted by Crippen LogP contribution is -2.19. The van der Waals surface area contributed by atoms with Crippen LogP contribution in [-0.4, -0.2) is 31.8 Å². The van der Waals surface area contributed by atoms with E-state index in [-0.39, 0.29) is 16.9 Å². The highest BCUT2D eigenvalue weighted by Crippen LogP contribution is 2.46. The molecule has 0 atom stereocenters. The number of allylic oxidation sites excluding steroid dienone is 4. The predicted molar refractivity (Wildman–Crippen MR) is 274 cm³/mol. The monoisotopic (exact) mass is 1050 g/mol. The van der Waals surface area contributed by atoms with Gasteiger partial charge in [0, 0.05) is 44.7 Å². The van der Waals surface area contributed by atoms with Gasteiger partial charge in [0.05, 0.1) is 33.8 Å². The molecule has 0 saturated carbocycles. The number of H-pyrrole nitrogens is 2. The smallest absolute Gasteiger partial charge is 0.261 e. The Hall–Kier alpha value is -8.28. The third kappa shape index (κ3) is 8.34. The zero-order valence-corrected chi connectivity index (χ0v) is 42.1. The molecule has 2 amide bonds. The number of halogens is 10. The molecule has 2 aliphatic rings. The van der Waals surface area contributed by atoms with Gasteiger partial charge in [0.25, 0.3) is 11.8 Å². The van der Waals surface area contributed by atoms with E-state index in [1.807, 2.05) is 67.5 Å². The van der Waals surface area contributed by atoms with E-state index in [0.717, 1.165) is 33.4 Å². The first-order chi connectivity index (χ1) is 36.2. The van der Waals surface area contributed by atoms with Gasteiger partial charge in [-0.25, -0.2) is 53.9 Å². The molecule has 0 radical (unpaired) electrons. The highest BCUT2D eigenvalue weighted by atomic mass is 19.2.